The molecule has 0 aromatic carbocycles. The lowest BCUT2D eigenvalue weighted by Crippen LogP contribution is -2.13. The Labute approximate surface area is 109 Å². The fraction of sp³-hybridized carbons (Fsp3) is 0.692. The Morgan fingerprint density at radius 2 is 2.00 bits per heavy atom. The van der Waals surface area contributed by atoms with E-state index in [9.17, 15) is 0 Å². The van der Waals surface area contributed by atoms with Gasteiger partial charge in [-0.05, 0) is 19.3 Å². The second kappa shape index (κ2) is 6.80. The van der Waals surface area contributed by atoms with Crippen LogP contribution in [-0.4, -0.2) is 16.5 Å². The molecule has 0 aliphatic carbocycles. The summed E-state index contributed by atoms with van der Waals surface area (Å²) >= 11 is 6.11. The molecule has 0 amide bonds. The first-order valence-corrected chi connectivity index (χ1v) is 6.73. The number of anilines is 1. The smallest absolute Gasteiger partial charge is 0.137 e. The van der Waals surface area contributed by atoms with Crippen LogP contribution in [0.1, 0.15) is 45.0 Å². The predicted molar refractivity (Wildman–Crippen MR) is 73.7 cm³/mol. The van der Waals surface area contributed by atoms with E-state index < -0.39 is 0 Å². The fourth-order valence-electron chi connectivity index (χ4n) is 1.46. The van der Waals surface area contributed by atoms with Gasteiger partial charge in [-0.3, -0.25) is 0 Å². The van der Waals surface area contributed by atoms with Crippen molar-refractivity contribution in [3.8, 4) is 0 Å². The summed E-state index contributed by atoms with van der Waals surface area (Å²) in [6.45, 7) is 9.41. The van der Waals surface area contributed by atoms with E-state index in [1.807, 2.05) is 6.92 Å². The molecule has 1 atom stereocenters. The number of hydrogen-bond acceptors (Lipinski definition) is 3. The van der Waals surface area contributed by atoms with Crippen molar-refractivity contribution in [3.63, 3.8) is 0 Å². The molecule has 17 heavy (non-hydrogen) atoms. The third kappa shape index (κ3) is 4.15. The van der Waals surface area contributed by atoms with Crippen molar-refractivity contribution in [1.82, 2.24) is 9.97 Å². The number of hydrogen-bond donors (Lipinski definition) is 1. The summed E-state index contributed by atoms with van der Waals surface area (Å²) < 4.78 is 0. The zero-order valence-electron chi connectivity index (χ0n) is 11.2. The van der Waals surface area contributed by atoms with Gasteiger partial charge in [-0.15, -0.1) is 0 Å². The Bertz CT molecular complexity index is 366. The van der Waals surface area contributed by atoms with Crippen molar-refractivity contribution in [2.75, 3.05) is 11.9 Å². The number of nitrogens with one attached hydrogen (secondary N) is 1. The van der Waals surface area contributed by atoms with Gasteiger partial charge in [-0.25, -0.2) is 9.97 Å². The third-order valence-corrected chi connectivity index (χ3v) is 3.29. The summed E-state index contributed by atoms with van der Waals surface area (Å²) in [6, 6.07) is 0. The quantitative estimate of drug-likeness (QED) is 0.785. The molecular weight excluding hydrogens is 234 g/mol. The van der Waals surface area contributed by atoms with Crippen LogP contribution in [0, 0.1) is 12.8 Å². The number of rotatable bonds is 6. The van der Waals surface area contributed by atoms with Crippen molar-refractivity contribution in [2.45, 2.75) is 47.0 Å². The standard InChI is InChI=1S/C13H22ClN3/c1-5-7-11-16-12(14)10(4)13(17-11)15-8-9(3)6-2/h9H,5-8H2,1-4H3,(H,15,16,17). The van der Waals surface area contributed by atoms with E-state index in [1.54, 1.807) is 0 Å². The molecule has 0 saturated carbocycles. The SMILES string of the molecule is CCCc1nc(Cl)c(C)c(NCC(C)CC)n1. The Morgan fingerprint density at radius 3 is 2.59 bits per heavy atom. The highest BCUT2D eigenvalue weighted by Gasteiger charge is 2.09. The van der Waals surface area contributed by atoms with E-state index in [-0.39, 0.29) is 0 Å². The van der Waals surface area contributed by atoms with Crippen LogP contribution in [0.4, 0.5) is 5.82 Å². The lowest BCUT2D eigenvalue weighted by atomic mass is 10.1. The van der Waals surface area contributed by atoms with Gasteiger partial charge in [-0.1, -0.05) is 38.8 Å². The molecule has 1 aromatic heterocycles. The minimum atomic E-state index is 0.565. The summed E-state index contributed by atoms with van der Waals surface area (Å²) in [7, 11) is 0. The first-order chi connectivity index (χ1) is 8.08. The Kier molecular flexibility index (Phi) is 5.69. The van der Waals surface area contributed by atoms with Crippen LogP contribution in [0.25, 0.3) is 0 Å². The summed E-state index contributed by atoms with van der Waals surface area (Å²) in [5.41, 5.74) is 0.940. The molecule has 1 heterocycles. The van der Waals surface area contributed by atoms with Gasteiger partial charge in [-0.2, -0.15) is 0 Å². The van der Waals surface area contributed by atoms with Crippen molar-refractivity contribution in [1.29, 1.82) is 0 Å². The molecule has 3 nitrogen and oxygen atoms in total. The van der Waals surface area contributed by atoms with Gasteiger partial charge in [0.15, 0.2) is 0 Å². The maximum atomic E-state index is 6.11. The lowest BCUT2D eigenvalue weighted by Gasteiger charge is -2.14. The van der Waals surface area contributed by atoms with Gasteiger partial charge in [0.2, 0.25) is 0 Å². The van der Waals surface area contributed by atoms with Crippen LogP contribution in [-0.2, 0) is 6.42 Å². The van der Waals surface area contributed by atoms with Gasteiger partial charge in [0, 0.05) is 18.5 Å². The van der Waals surface area contributed by atoms with Crippen LogP contribution < -0.4 is 5.32 Å². The summed E-state index contributed by atoms with van der Waals surface area (Å²) in [5.74, 6) is 2.35. The average molecular weight is 256 g/mol. The highest BCUT2D eigenvalue weighted by atomic mass is 35.5. The van der Waals surface area contributed by atoms with Crippen LogP contribution in [0.3, 0.4) is 0 Å². The van der Waals surface area contributed by atoms with Gasteiger partial charge in [0.25, 0.3) is 0 Å². The number of aromatic nitrogens is 2. The van der Waals surface area contributed by atoms with Crippen molar-refractivity contribution in [3.05, 3.63) is 16.5 Å². The Morgan fingerprint density at radius 1 is 1.29 bits per heavy atom. The second-order valence-electron chi connectivity index (χ2n) is 4.55. The number of nitrogens with zero attached hydrogens (tertiary/aromatic N) is 2. The summed E-state index contributed by atoms with van der Waals surface area (Å²) in [6.07, 6.45) is 3.06. The average Bonchev–Trinajstić information content (AvgIpc) is 2.31. The number of halogens is 1. The fourth-order valence-corrected chi connectivity index (χ4v) is 1.64. The molecule has 0 aliphatic rings. The second-order valence-corrected chi connectivity index (χ2v) is 4.91. The molecule has 1 rings (SSSR count). The van der Waals surface area contributed by atoms with Crippen LogP contribution in [0.2, 0.25) is 5.15 Å². The van der Waals surface area contributed by atoms with Gasteiger partial charge in [0.05, 0.1) is 0 Å². The molecule has 0 saturated heterocycles. The lowest BCUT2D eigenvalue weighted by molar-refractivity contribution is 0.592. The molecule has 0 spiro atoms. The zero-order valence-corrected chi connectivity index (χ0v) is 11.9. The van der Waals surface area contributed by atoms with Gasteiger partial charge in [0.1, 0.15) is 16.8 Å². The molecule has 1 N–H and O–H groups in total. The van der Waals surface area contributed by atoms with E-state index >= 15 is 0 Å². The minimum absolute atomic E-state index is 0.565. The zero-order chi connectivity index (χ0) is 12.8. The van der Waals surface area contributed by atoms with Crippen molar-refractivity contribution in [2.24, 2.45) is 5.92 Å². The monoisotopic (exact) mass is 255 g/mol. The predicted octanol–water partition coefficient (Wildman–Crippen LogP) is 3.85. The Balaban J connectivity index is 2.82. The van der Waals surface area contributed by atoms with Crippen LogP contribution in [0.15, 0.2) is 0 Å². The maximum absolute atomic E-state index is 6.11. The third-order valence-electron chi connectivity index (χ3n) is 2.92. The van der Waals surface area contributed by atoms with Gasteiger partial charge >= 0.3 is 0 Å². The van der Waals surface area contributed by atoms with E-state index in [2.05, 4.69) is 36.1 Å². The largest absolute Gasteiger partial charge is 0.369 e. The molecular formula is C13H22ClN3. The summed E-state index contributed by atoms with van der Waals surface area (Å²) in [4.78, 5) is 8.81. The molecule has 0 fully saturated rings. The van der Waals surface area contributed by atoms with Crippen molar-refractivity contribution >= 4 is 17.4 Å². The van der Waals surface area contributed by atoms with E-state index in [4.69, 9.17) is 11.6 Å². The van der Waals surface area contributed by atoms with Crippen LogP contribution in [0.5, 0.6) is 0 Å². The topological polar surface area (TPSA) is 37.8 Å². The highest BCUT2D eigenvalue weighted by molar-refractivity contribution is 6.30. The molecule has 96 valence electrons. The molecule has 0 bridgehead atoms. The van der Waals surface area contributed by atoms with E-state index in [0.29, 0.717) is 11.1 Å². The highest BCUT2D eigenvalue weighted by Crippen LogP contribution is 2.20. The first-order valence-electron chi connectivity index (χ1n) is 6.35. The molecule has 4 heteroatoms. The molecule has 0 aliphatic heterocycles. The molecule has 0 radical (unpaired) electrons. The van der Waals surface area contributed by atoms with E-state index in [1.165, 1.54) is 0 Å². The van der Waals surface area contributed by atoms with E-state index in [0.717, 1.165) is 43.0 Å². The maximum Gasteiger partial charge on any atom is 0.137 e. The molecule has 1 unspecified atom stereocenters. The molecule has 1 aromatic rings. The Hall–Kier alpha value is -0.830. The normalized spacial score (nSPS) is 12.5. The summed E-state index contributed by atoms with van der Waals surface area (Å²) in [5, 5.41) is 3.93. The first kappa shape index (κ1) is 14.2. The van der Waals surface area contributed by atoms with Crippen LogP contribution >= 0.6 is 11.6 Å². The van der Waals surface area contributed by atoms with Gasteiger partial charge < -0.3 is 5.32 Å². The number of aryl methyl sites for hydroxylation is 1. The minimum Gasteiger partial charge on any atom is -0.369 e. The van der Waals surface area contributed by atoms with Crippen molar-refractivity contribution < 1.29 is 0 Å².